The monoisotopic (exact) mass is 408 g/mol. The minimum Gasteiger partial charge on any atom is -0.381 e. The minimum atomic E-state index is -1.37. The first-order chi connectivity index (χ1) is 13.4. The molecule has 0 aromatic rings. The Morgan fingerprint density at radius 2 is 2.14 bits per heavy atom. The fraction of sp³-hybridized carbons (Fsp3) is 0.818. The molecular formula is C22H29ClO5. The van der Waals surface area contributed by atoms with Gasteiger partial charge in [-0.3, -0.25) is 9.59 Å². The van der Waals surface area contributed by atoms with Gasteiger partial charge in [-0.15, -0.1) is 11.6 Å². The zero-order chi connectivity index (χ0) is 19.7. The smallest absolute Gasteiger partial charge is 0.179 e. The van der Waals surface area contributed by atoms with Crippen molar-refractivity contribution < 1.29 is 24.2 Å². The van der Waals surface area contributed by atoms with E-state index in [1.807, 2.05) is 6.08 Å². The maximum absolute atomic E-state index is 12.7. The zero-order valence-corrected chi connectivity index (χ0v) is 17.2. The van der Waals surface area contributed by atoms with Crippen LogP contribution in [0.3, 0.4) is 0 Å². The molecule has 6 heteroatoms. The first-order valence-corrected chi connectivity index (χ1v) is 11.1. The van der Waals surface area contributed by atoms with Crippen molar-refractivity contribution in [3.05, 3.63) is 11.6 Å². The predicted octanol–water partition coefficient (Wildman–Crippen LogP) is 3.02. The zero-order valence-electron chi connectivity index (χ0n) is 16.4. The Labute approximate surface area is 170 Å². The second-order valence-electron chi connectivity index (χ2n) is 9.88. The Morgan fingerprint density at radius 1 is 1.32 bits per heavy atom. The van der Waals surface area contributed by atoms with Crippen LogP contribution in [0.15, 0.2) is 11.6 Å². The molecule has 0 bridgehead atoms. The number of halogens is 1. The summed E-state index contributed by atoms with van der Waals surface area (Å²) < 4.78 is 12.1. The Balaban J connectivity index is 1.60. The molecule has 0 aromatic carbocycles. The first-order valence-electron chi connectivity index (χ1n) is 10.6. The summed E-state index contributed by atoms with van der Waals surface area (Å²) in [6, 6.07) is 0. The van der Waals surface area contributed by atoms with E-state index >= 15 is 0 Å². The normalized spacial score (nSPS) is 50.1. The van der Waals surface area contributed by atoms with E-state index in [2.05, 4.69) is 6.92 Å². The molecule has 0 radical (unpaired) electrons. The molecule has 0 unspecified atom stereocenters. The van der Waals surface area contributed by atoms with Crippen LogP contribution >= 0.6 is 11.6 Å². The molecule has 1 spiro atoms. The summed E-state index contributed by atoms with van der Waals surface area (Å²) in [6.07, 6.45) is 7.06. The van der Waals surface area contributed by atoms with Crippen molar-refractivity contribution in [2.24, 2.45) is 28.6 Å². The van der Waals surface area contributed by atoms with Gasteiger partial charge >= 0.3 is 0 Å². The number of carbonyl (C=O) groups is 2. The van der Waals surface area contributed by atoms with Gasteiger partial charge in [-0.25, -0.2) is 0 Å². The molecule has 3 saturated carbocycles. The Hall–Kier alpha value is -0.750. The van der Waals surface area contributed by atoms with Gasteiger partial charge in [0.15, 0.2) is 11.6 Å². The van der Waals surface area contributed by atoms with E-state index in [0.29, 0.717) is 31.8 Å². The van der Waals surface area contributed by atoms with Gasteiger partial charge in [0.25, 0.3) is 0 Å². The fourth-order valence-electron chi connectivity index (χ4n) is 7.79. The average molecular weight is 409 g/mol. The number of Topliss-reactive ketones (excluding diaryl/α,β-unsaturated/α-hetero) is 1. The average Bonchev–Trinajstić information content (AvgIpc) is 2.84. The second-order valence-corrected chi connectivity index (χ2v) is 10.1. The molecule has 1 aliphatic heterocycles. The van der Waals surface area contributed by atoms with Crippen molar-refractivity contribution in [1.29, 1.82) is 0 Å². The molecule has 5 aliphatic rings. The van der Waals surface area contributed by atoms with Crippen LogP contribution in [0.4, 0.5) is 0 Å². The summed E-state index contributed by atoms with van der Waals surface area (Å²) in [5.74, 6) is 0.744. The third-order valence-corrected chi connectivity index (χ3v) is 9.31. The number of carbonyl (C=O) groups excluding carboxylic acids is 2. The Bertz CT molecular complexity index is 749. The van der Waals surface area contributed by atoms with Gasteiger partial charge in [0.1, 0.15) is 12.4 Å². The van der Waals surface area contributed by atoms with E-state index in [-0.39, 0.29) is 47.6 Å². The highest BCUT2D eigenvalue weighted by Crippen LogP contribution is 2.68. The summed E-state index contributed by atoms with van der Waals surface area (Å²) in [4.78, 5) is 24.8. The SMILES string of the molecule is C[C@]12C[C@@H]3OCOC[C@]45CCC(=O)C=C4CC[C@H]([C@H]35)[C@@H]1CC[C@]2(O)C(=O)CCl. The summed E-state index contributed by atoms with van der Waals surface area (Å²) in [6.45, 7) is 2.92. The van der Waals surface area contributed by atoms with Gasteiger partial charge in [-0.2, -0.15) is 0 Å². The molecule has 1 heterocycles. The predicted molar refractivity (Wildman–Crippen MR) is 103 cm³/mol. The van der Waals surface area contributed by atoms with Crippen molar-refractivity contribution in [1.82, 2.24) is 0 Å². The summed E-state index contributed by atoms with van der Waals surface area (Å²) >= 11 is 5.89. The van der Waals surface area contributed by atoms with Crippen LogP contribution in [0, 0.1) is 28.6 Å². The highest BCUT2D eigenvalue weighted by molar-refractivity contribution is 6.29. The lowest BCUT2D eigenvalue weighted by Gasteiger charge is -2.60. The number of hydrogen-bond donors (Lipinski definition) is 1. The van der Waals surface area contributed by atoms with Crippen molar-refractivity contribution in [3.63, 3.8) is 0 Å². The molecule has 4 fully saturated rings. The quantitative estimate of drug-likeness (QED) is 0.711. The summed E-state index contributed by atoms with van der Waals surface area (Å²) in [5.41, 5.74) is -0.778. The number of ether oxygens (including phenoxy) is 2. The van der Waals surface area contributed by atoms with Crippen LogP contribution in [0.2, 0.25) is 0 Å². The lowest BCUT2D eigenvalue weighted by atomic mass is 9.45. The Kier molecular flexibility index (Phi) is 4.38. The molecule has 4 aliphatic carbocycles. The number of alkyl halides is 1. The number of hydrogen-bond acceptors (Lipinski definition) is 5. The van der Waals surface area contributed by atoms with E-state index in [4.69, 9.17) is 21.1 Å². The van der Waals surface area contributed by atoms with Gasteiger partial charge in [0.05, 0.1) is 18.6 Å². The van der Waals surface area contributed by atoms with Crippen molar-refractivity contribution in [2.45, 2.75) is 63.6 Å². The molecule has 28 heavy (non-hydrogen) atoms. The molecule has 154 valence electrons. The molecule has 5 nitrogen and oxygen atoms in total. The fourth-order valence-corrected chi connectivity index (χ4v) is 8.01. The molecule has 7 atom stereocenters. The van der Waals surface area contributed by atoms with Gasteiger partial charge in [0, 0.05) is 17.3 Å². The van der Waals surface area contributed by atoms with E-state index < -0.39 is 11.0 Å². The third kappa shape index (κ3) is 2.31. The molecule has 0 aromatic heterocycles. The van der Waals surface area contributed by atoms with Gasteiger partial charge in [0.2, 0.25) is 0 Å². The summed E-state index contributed by atoms with van der Waals surface area (Å²) in [5, 5.41) is 11.5. The number of aliphatic hydroxyl groups is 1. The first kappa shape index (κ1) is 19.2. The lowest BCUT2D eigenvalue weighted by Crippen LogP contribution is -2.62. The number of fused-ring (bicyclic) bond motifs is 2. The van der Waals surface area contributed by atoms with Crippen molar-refractivity contribution >= 4 is 23.2 Å². The van der Waals surface area contributed by atoms with Crippen LogP contribution < -0.4 is 0 Å². The number of rotatable bonds is 2. The van der Waals surface area contributed by atoms with Crippen LogP contribution in [0.5, 0.6) is 0 Å². The van der Waals surface area contributed by atoms with Gasteiger partial charge < -0.3 is 14.6 Å². The van der Waals surface area contributed by atoms with Crippen LogP contribution in [0.25, 0.3) is 0 Å². The molecule has 1 N–H and O–H groups in total. The largest absolute Gasteiger partial charge is 0.381 e. The van der Waals surface area contributed by atoms with E-state index in [1.165, 1.54) is 5.57 Å². The highest BCUT2D eigenvalue weighted by Gasteiger charge is 2.69. The minimum absolute atomic E-state index is 0.0709. The van der Waals surface area contributed by atoms with E-state index in [9.17, 15) is 14.7 Å². The van der Waals surface area contributed by atoms with Crippen LogP contribution in [-0.2, 0) is 19.1 Å². The lowest BCUT2D eigenvalue weighted by molar-refractivity contribution is -0.186. The van der Waals surface area contributed by atoms with Crippen molar-refractivity contribution in [3.8, 4) is 0 Å². The highest BCUT2D eigenvalue weighted by atomic mass is 35.5. The maximum Gasteiger partial charge on any atom is 0.179 e. The topological polar surface area (TPSA) is 72.8 Å². The standard InChI is InChI=1S/C22H29ClO5/c1-20-9-17-19-15(16(20)5-7-22(20,26)18(25)10-23)3-2-13-8-14(24)4-6-21(13,19)11-27-12-28-17/h8,15-17,19,26H,2-7,9-12H2,1H3/t15-,16-,17-,19+,20-,21+,22-/m0/s1. The Morgan fingerprint density at radius 3 is 2.93 bits per heavy atom. The van der Waals surface area contributed by atoms with E-state index in [1.54, 1.807) is 0 Å². The summed E-state index contributed by atoms with van der Waals surface area (Å²) in [7, 11) is 0. The number of ketones is 2. The van der Waals surface area contributed by atoms with E-state index in [0.717, 1.165) is 25.7 Å². The van der Waals surface area contributed by atoms with Crippen LogP contribution in [-0.4, -0.2) is 47.7 Å². The molecule has 5 rings (SSSR count). The van der Waals surface area contributed by atoms with Crippen LogP contribution in [0.1, 0.15) is 51.9 Å². The molecular weight excluding hydrogens is 380 g/mol. The maximum atomic E-state index is 12.7. The molecule has 0 amide bonds. The van der Waals surface area contributed by atoms with Crippen molar-refractivity contribution in [2.75, 3.05) is 19.3 Å². The van der Waals surface area contributed by atoms with Gasteiger partial charge in [-0.1, -0.05) is 12.5 Å². The van der Waals surface area contributed by atoms with Gasteiger partial charge in [-0.05, 0) is 62.4 Å². The third-order valence-electron chi connectivity index (χ3n) is 9.07. The molecule has 1 saturated heterocycles. The second kappa shape index (κ2) is 6.37.